The Bertz CT molecular complexity index is 616. The van der Waals surface area contributed by atoms with Gasteiger partial charge in [-0.1, -0.05) is 6.07 Å². The first kappa shape index (κ1) is 14.3. The molecule has 0 saturated heterocycles. The summed E-state index contributed by atoms with van der Waals surface area (Å²) in [5.74, 6) is 0.815. The van der Waals surface area contributed by atoms with Gasteiger partial charge in [0.25, 0.3) is 0 Å². The second-order valence-electron chi connectivity index (χ2n) is 3.87. The van der Waals surface area contributed by atoms with Crippen LogP contribution in [0.4, 0.5) is 5.69 Å². The molecular formula is C13H11BrN2O4. The Balaban J connectivity index is 2.11. The molecule has 0 spiro atoms. The predicted octanol–water partition coefficient (Wildman–Crippen LogP) is 3.34. The number of methoxy groups -OCH3 is 1. The maximum absolute atomic E-state index is 10.9. The fourth-order valence-electron chi connectivity index (χ4n) is 1.58. The van der Waals surface area contributed by atoms with Gasteiger partial charge in [0.15, 0.2) is 5.75 Å². The van der Waals surface area contributed by atoms with E-state index in [4.69, 9.17) is 9.47 Å². The number of ether oxygens (including phenoxy) is 2. The zero-order valence-corrected chi connectivity index (χ0v) is 12.2. The van der Waals surface area contributed by atoms with E-state index in [1.807, 2.05) is 0 Å². The van der Waals surface area contributed by atoms with E-state index in [9.17, 15) is 10.1 Å². The summed E-state index contributed by atoms with van der Waals surface area (Å²) in [4.78, 5) is 14.5. The summed E-state index contributed by atoms with van der Waals surface area (Å²) in [7, 11) is 1.39. The largest absolute Gasteiger partial charge is 0.490 e. The molecule has 0 unspecified atom stereocenters. The molecule has 104 valence electrons. The van der Waals surface area contributed by atoms with Gasteiger partial charge in [0.2, 0.25) is 0 Å². The second kappa shape index (κ2) is 6.33. The highest BCUT2D eigenvalue weighted by Gasteiger charge is 2.15. The monoisotopic (exact) mass is 338 g/mol. The lowest BCUT2D eigenvalue weighted by Crippen LogP contribution is -1.99. The van der Waals surface area contributed by atoms with Crippen LogP contribution in [0, 0.1) is 10.1 Å². The maximum Gasteiger partial charge on any atom is 0.311 e. The molecule has 0 saturated carbocycles. The first-order chi connectivity index (χ1) is 9.60. The summed E-state index contributed by atoms with van der Waals surface area (Å²) in [5.41, 5.74) is 0.600. The maximum atomic E-state index is 10.9. The lowest BCUT2D eigenvalue weighted by atomic mass is 10.2. The van der Waals surface area contributed by atoms with Crippen LogP contribution in [0.1, 0.15) is 5.56 Å². The van der Waals surface area contributed by atoms with Crippen LogP contribution >= 0.6 is 15.9 Å². The molecule has 6 nitrogen and oxygen atoms in total. The molecule has 20 heavy (non-hydrogen) atoms. The molecule has 0 aliphatic heterocycles. The van der Waals surface area contributed by atoms with Crippen molar-refractivity contribution in [2.45, 2.75) is 6.61 Å². The topological polar surface area (TPSA) is 74.5 Å². The number of hydrogen-bond donors (Lipinski definition) is 0. The van der Waals surface area contributed by atoms with Crippen molar-refractivity contribution in [1.82, 2.24) is 4.98 Å². The van der Waals surface area contributed by atoms with E-state index in [-0.39, 0.29) is 18.0 Å². The fraction of sp³-hybridized carbons (Fsp3) is 0.154. The molecule has 1 heterocycles. The van der Waals surface area contributed by atoms with Gasteiger partial charge in [-0.3, -0.25) is 10.1 Å². The Kier molecular flexibility index (Phi) is 4.52. The van der Waals surface area contributed by atoms with Gasteiger partial charge in [-0.15, -0.1) is 0 Å². The molecule has 0 radical (unpaired) electrons. The number of nitro benzene ring substituents is 1. The first-order valence-corrected chi connectivity index (χ1v) is 6.45. The first-order valence-electron chi connectivity index (χ1n) is 5.66. The predicted molar refractivity (Wildman–Crippen MR) is 75.9 cm³/mol. The van der Waals surface area contributed by atoms with Gasteiger partial charge in [0, 0.05) is 6.07 Å². The van der Waals surface area contributed by atoms with Crippen molar-refractivity contribution < 1.29 is 14.4 Å². The standard InChI is InChI=1S/C13H11BrN2O4/c1-19-12-4-2-9(6-11(12)16(17)18)8-20-10-3-5-13(14)15-7-10/h2-7H,8H2,1H3. The smallest absolute Gasteiger partial charge is 0.311 e. The van der Waals surface area contributed by atoms with Crippen LogP contribution in [0.25, 0.3) is 0 Å². The molecule has 0 aliphatic carbocycles. The highest BCUT2D eigenvalue weighted by molar-refractivity contribution is 9.10. The lowest BCUT2D eigenvalue weighted by Gasteiger charge is -2.07. The molecule has 0 aliphatic rings. The Morgan fingerprint density at radius 2 is 2.15 bits per heavy atom. The van der Waals surface area contributed by atoms with Crippen LogP contribution in [-0.4, -0.2) is 17.0 Å². The van der Waals surface area contributed by atoms with Gasteiger partial charge in [-0.2, -0.15) is 0 Å². The number of pyridine rings is 1. The summed E-state index contributed by atoms with van der Waals surface area (Å²) >= 11 is 3.23. The van der Waals surface area contributed by atoms with Crippen LogP contribution in [-0.2, 0) is 6.61 Å². The van der Waals surface area contributed by atoms with Crippen molar-refractivity contribution in [1.29, 1.82) is 0 Å². The van der Waals surface area contributed by atoms with Crippen molar-refractivity contribution in [3.05, 3.63) is 56.8 Å². The van der Waals surface area contributed by atoms with E-state index in [1.165, 1.54) is 13.2 Å². The zero-order valence-electron chi connectivity index (χ0n) is 10.6. The molecule has 0 atom stereocenters. The van der Waals surface area contributed by atoms with Crippen molar-refractivity contribution in [2.24, 2.45) is 0 Å². The van der Waals surface area contributed by atoms with Crippen LogP contribution < -0.4 is 9.47 Å². The summed E-state index contributed by atoms with van der Waals surface area (Å²) in [6, 6.07) is 8.22. The SMILES string of the molecule is COc1ccc(COc2ccc(Br)nc2)cc1[N+](=O)[O-]. The molecule has 1 aromatic carbocycles. The molecule has 0 amide bonds. The zero-order chi connectivity index (χ0) is 14.5. The summed E-state index contributed by atoms with van der Waals surface area (Å²) in [5, 5.41) is 10.9. The third-order valence-corrected chi connectivity index (χ3v) is 3.01. The van der Waals surface area contributed by atoms with Gasteiger partial charge >= 0.3 is 5.69 Å². The van der Waals surface area contributed by atoms with Gasteiger partial charge in [0.1, 0.15) is 17.0 Å². The normalized spacial score (nSPS) is 10.1. The van der Waals surface area contributed by atoms with Gasteiger partial charge in [0.05, 0.1) is 18.2 Å². The number of halogens is 1. The molecule has 1 aromatic heterocycles. The molecule has 2 aromatic rings. The molecule has 0 fully saturated rings. The molecule has 0 N–H and O–H groups in total. The van der Waals surface area contributed by atoms with Crippen molar-refractivity contribution in [3.63, 3.8) is 0 Å². The highest BCUT2D eigenvalue weighted by atomic mass is 79.9. The Morgan fingerprint density at radius 1 is 1.35 bits per heavy atom. The number of rotatable bonds is 5. The minimum atomic E-state index is -0.483. The molecular weight excluding hydrogens is 328 g/mol. The molecule has 2 rings (SSSR count). The average molecular weight is 339 g/mol. The van der Waals surface area contributed by atoms with Crippen molar-refractivity contribution in [2.75, 3.05) is 7.11 Å². The fourth-order valence-corrected chi connectivity index (χ4v) is 1.82. The number of aromatic nitrogens is 1. The Hall–Kier alpha value is -2.15. The van der Waals surface area contributed by atoms with Crippen molar-refractivity contribution in [3.8, 4) is 11.5 Å². The number of hydrogen-bond acceptors (Lipinski definition) is 5. The van der Waals surface area contributed by atoms with Gasteiger partial charge in [-0.25, -0.2) is 4.98 Å². The minimum absolute atomic E-state index is 0.0810. The quantitative estimate of drug-likeness (QED) is 0.474. The lowest BCUT2D eigenvalue weighted by molar-refractivity contribution is -0.385. The van der Waals surface area contributed by atoms with E-state index in [0.717, 1.165) is 0 Å². The Morgan fingerprint density at radius 3 is 2.75 bits per heavy atom. The highest BCUT2D eigenvalue weighted by Crippen LogP contribution is 2.28. The van der Waals surface area contributed by atoms with Crippen LogP contribution in [0.15, 0.2) is 41.1 Å². The van der Waals surface area contributed by atoms with Crippen LogP contribution in [0.3, 0.4) is 0 Å². The Labute approximate surface area is 123 Å². The third kappa shape index (κ3) is 3.45. The minimum Gasteiger partial charge on any atom is -0.490 e. The van der Waals surface area contributed by atoms with E-state index in [1.54, 1.807) is 30.5 Å². The molecule has 7 heteroatoms. The van der Waals surface area contributed by atoms with E-state index >= 15 is 0 Å². The van der Waals surface area contributed by atoms with Crippen LogP contribution in [0.5, 0.6) is 11.5 Å². The summed E-state index contributed by atoms with van der Waals surface area (Å²) < 4.78 is 11.2. The summed E-state index contributed by atoms with van der Waals surface area (Å²) in [6.45, 7) is 0.216. The van der Waals surface area contributed by atoms with Crippen molar-refractivity contribution >= 4 is 21.6 Å². The van der Waals surface area contributed by atoms with E-state index < -0.39 is 4.92 Å². The average Bonchev–Trinajstić information content (AvgIpc) is 2.46. The van der Waals surface area contributed by atoms with Gasteiger partial charge in [-0.05, 0) is 39.7 Å². The molecule has 0 bridgehead atoms. The van der Waals surface area contributed by atoms with Gasteiger partial charge < -0.3 is 9.47 Å². The second-order valence-corrected chi connectivity index (χ2v) is 4.68. The van der Waals surface area contributed by atoms with E-state index in [0.29, 0.717) is 15.9 Å². The number of nitrogens with zero attached hydrogens (tertiary/aromatic N) is 2. The number of benzene rings is 1. The third-order valence-electron chi connectivity index (χ3n) is 2.55. The van der Waals surface area contributed by atoms with E-state index in [2.05, 4.69) is 20.9 Å². The number of nitro groups is 1. The summed E-state index contributed by atoms with van der Waals surface area (Å²) in [6.07, 6.45) is 1.57. The van der Waals surface area contributed by atoms with Crippen LogP contribution in [0.2, 0.25) is 0 Å².